The van der Waals surface area contributed by atoms with Crippen LogP contribution in [-0.2, 0) is 11.3 Å². The zero-order chi connectivity index (χ0) is 15.4. The minimum absolute atomic E-state index is 0.0362. The number of aromatic carboxylic acids is 1. The molecule has 5 nitrogen and oxygen atoms in total. The first-order valence-corrected chi connectivity index (χ1v) is 7.22. The van der Waals surface area contributed by atoms with Crippen molar-refractivity contribution in [2.45, 2.75) is 45.6 Å². The van der Waals surface area contributed by atoms with Crippen molar-refractivity contribution in [3.05, 3.63) is 34.8 Å². The monoisotopic (exact) mass is 291 g/mol. The van der Waals surface area contributed by atoms with Crippen LogP contribution in [-0.4, -0.2) is 28.9 Å². The van der Waals surface area contributed by atoms with Crippen LogP contribution in [0.15, 0.2) is 22.1 Å². The molecule has 0 unspecified atom stereocenters. The lowest BCUT2D eigenvalue weighted by Crippen LogP contribution is -2.26. The van der Waals surface area contributed by atoms with Gasteiger partial charge in [0.15, 0.2) is 0 Å². The van der Waals surface area contributed by atoms with E-state index in [1.54, 1.807) is 18.9 Å². The molecule has 0 fully saturated rings. The molecule has 0 radical (unpaired) electrons. The molecule has 0 aromatic carbocycles. The van der Waals surface area contributed by atoms with Gasteiger partial charge in [0.25, 0.3) is 0 Å². The molecule has 1 heterocycles. The van der Waals surface area contributed by atoms with E-state index in [0.29, 0.717) is 24.5 Å². The quantitative estimate of drug-likeness (QED) is 0.846. The molecule has 2 rings (SSSR count). The Bertz CT molecular complexity index is 571. The summed E-state index contributed by atoms with van der Waals surface area (Å²) in [7, 11) is 1.71. The number of hydrogen-bond donors (Lipinski definition) is 1. The summed E-state index contributed by atoms with van der Waals surface area (Å²) in [6.45, 7) is 1.90. The number of carbonyl (C=O) groups is 2. The van der Waals surface area contributed by atoms with Crippen molar-refractivity contribution in [2.24, 2.45) is 0 Å². The van der Waals surface area contributed by atoms with Gasteiger partial charge >= 0.3 is 5.97 Å². The van der Waals surface area contributed by atoms with Crippen LogP contribution in [0.25, 0.3) is 0 Å². The van der Waals surface area contributed by atoms with Crippen molar-refractivity contribution in [2.75, 3.05) is 7.05 Å². The van der Waals surface area contributed by atoms with E-state index < -0.39 is 5.97 Å². The van der Waals surface area contributed by atoms with Crippen molar-refractivity contribution in [1.82, 2.24) is 4.90 Å². The molecule has 0 aliphatic heterocycles. The number of rotatable bonds is 5. The summed E-state index contributed by atoms with van der Waals surface area (Å²) in [5, 5.41) is 8.99. The van der Waals surface area contributed by atoms with Crippen LogP contribution >= 0.6 is 0 Å². The molecule has 0 atom stereocenters. The predicted molar refractivity (Wildman–Crippen MR) is 78.0 cm³/mol. The SMILES string of the molecule is Cc1oc(CN(C)C(=O)CC2=CCCCC2)cc1C(=O)O. The number of furan rings is 1. The van der Waals surface area contributed by atoms with E-state index in [2.05, 4.69) is 6.08 Å². The first kappa shape index (κ1) is 15.4. The zero-order valence-electron chi connectivity index (χ0n) is 12.5. The van der Waals surface area contributed by atoms with Crippen molar-refractivity contribution in [3.8, 4) is 0 Å². The van der Waals surface area contributed by atoms with Gasteiger partial charge in [-0.3, -0.25) is 4.79 Å². The van der Waals surface area contributed by atoms with E-state index in [4.69, 9.17) is 9.52 Å². The maximum atomic E-state index is 12.2. The number of amides is 1. The number of allylic oxidation sites excluding steroid dienone is 1. The average molecular weight is 291 g/mol. The Hall–Kier alpha value is -2.04. The normalized spacial score (nSPS) is 14.7. The third kappa shape index (κ3) is 3.97. The summed E-state index contributed by atoms with van der Waals surface area (Å²) in [6, 6.07) is 1.49. The number of carbonyl (C=O) groups excluding carboxylic acids is 1. The van der Waals surface area contributed by atoms with Crippen LogP contribution in [0.3, 0.4) is 0 Å². The highest BCUT2D eigenvalue weighted by molar-refractivity contribution is 5.88. The zero-order valence-corrected chi connectivity index (χ0v) is 12.5. The molecule has 114 valence electrons. The number of aryl methyl sites for hydroxylation is 1. The predicted octanol–water partition coefficient (Wildman–Crippen LogP) is 3.14. The molecule has 1 aromatic heterocycles. The molecule has 1 aromatic rings. The van der Waals surface area contributed by atoms with Crippen molar-refractivity contribution in [1.29, 1.82) is 0 Å². The number of nitrogens with zero attached hydrogens (tertiary/aromatic N) is 1. The molecule has 21 heavy (non-hydrogen) atoms. The lowest BCUT2D eigenvalue weighted by Gasteiger charge is -2.18. The van der Waals surface area contributed by atoms with Crippen molar-refractivity contribution < 1.29 is 19.1 Å². The van der Waals surface area contributed by atoms with Gasteiger partial charge in [0, 0.05) is 13.5 Å². The first-order chi connectivity index (χ1) is 9.97. The Morgan fingerprint density at radius 3 is 2.71 bits per heavy atom. The van der Waals surface area contributed by atoms with E-state index in [-0.39, 0.29) is 11.5 Å². The molecule has 0 saturated carbocycles. The lowest BCUT2D eigenvalue weighted by atomic mass is 9.97. The van der Waals surface area contributed by atoms with Crippen LogP contribution in [0.2, 0.25) is 0 Å². The second kappa shape index (κ2) is 6.61. The van der Waals surface area contributed by atoms with E-state index in [0.717, 1.165) is 19.3 Å². The van der Waals surface area contributed by atoms with Crippen LogP contribution in [0.5, 0.6) is 0 Å². The van der Waals surface area contributed by atoms with Gasteiger partial charge in [0.1, 0.15) is 17.1 Å². The largest absolute Gasteiger partial charge is 0.478 e. The fourth-order valence-electron chi connectivity index (χ4n) is 2.55. The van der Waals surface area contributed by atoms with Gasteiger partial charge in [-0.2, -0.15) is 0 Å². The van der Waals surface area contributed by atoms with Crippen LogP contribution < -0.4 is 0 Å². The van der Waals surface area contributed by atoms with E-state index in [1.807, 2.05) is 0 Å². The summed E-state index contributed by atoms with van der Waals surface area (Å²) in [6.07, 6.45) is 7.03. The smallest absolute Gasteiger partial charge is 0.339 e. The lowest BCUT2D eigenvalue weighted by molar-refractivity contribution is -0.129. The molecule has 1 aliphatic carbocycles. The number of carboxylic acid groups (broad SMARTS) is 1. The van der Waals surface area contributed by atoms with Gasteiger partial charge in [-0.05, 0) is 38.7 Å². The third-order valence-electron chi connectivity index (χ3n) is 3.78. The highest BCUT2D eigenvalue weighted by atomic mass is 16.4. The maximum absolute atomic E-state index is 12.2. The summed E-state index contributed by atoms with van der Waals surface area (Å²) in [5.41, 5.74) is 1.36. The molecular formula is C16H21NO4. The minimum atomic E-state index is -1.01. The standard InChI is InChI=1S/C16H21NO4/c1-11-14(16(19)20)9-13(21-11)10-17(2)15(18)8-12-6-4-3-5-7-12/h6,9H,3-5,7-8,10H2,1-2H3,(H,19,20). The molecule has 0 spiro atoms. The Labute approximate surface area is 124 Å². The van der Waals surface area contributed by atoms with E-state index in [9.17, 15) is 9.59 Å². The molecule has 1 amide bonds. The average Bonchev–Trinajstić information content (AvgIpc) is 2.80. The summed E-state index contributed by atoms with van der Waals surface area (Å²) < 4.78 is 5.40. The molecule has 0 bridgehead atoms. The highest BCUT2D eigenvalue weighted by Crippen LogP contribution is 2.21. The third-order valence-corrected chi connectivity index (χ3v) is 3.78. The van der Waals surface area contributed by atoms with Crippen LogP contribution in [0.1, 0.15) is 54.0 Å². The first-order valence-electron chi connectivity index (χ1n) is 7.22. The summed E-state index contributed by atoms with van der Waals surface area (Å²) >= 11 is 0. The van der Waals surface area contributed by atoms with E-state index >= 15 is 0 Å². The number of hydrogen-bond acceptors (Lipinski definition) is 3. The van der Waals surface area contributed by atoms with Gasteiger partial charge in [-0.15, -0.1) is 0 Å². The topological polar surface area (TPSA) is 70.8 Å². The molecule has 1 N–H and O–H groups in total. The second-order valence-corrected chi connectivity index (χ2v) is 5.52. The Morgan fingerprint density at radius 2 is 2.14 bits per heavy atom. The van der Waals surface area contributed by atoms with E-state index in [1.165, 1.54) is 18.1 Å². The minimum Gasteiger partial charge on any atom is -0.478 e. The van der Waals surface area contributed by atoms with Crippen molar-refractivity contribution in [3.63, 3.8) is 0 Å². The van der Waals surface area contributed by atoms with Crippen molar-refractivity contribution >= 4 is 11.9 Å². The molecule has 5 heteroatoms. The van der Waals surface area contributed by atoms with Crippen LogP contribution in [0, 0.1) is 6.92 Å². The molecule has 1 aliphatic rings. The Kier molecular flexibility index (Phi) is 4.83. The molecular weight excluding hydrogens is 270 g/mol. The van der Waals surface area contributed by atoms with Crippen LogP contribution in [0.4, 0.5) is 0 Å². The van der Waals surface area contributed by atoms with Gasteiger partial charge in [-0.1, -0.05) is 11.6 Å². The fourth-order valence-corrected chi connectivity index (χ4v) is 2.55. The second-order valence-electron chi connectivity index (χ2n) is 5.52. The van der Waals surface area contributed by atoms with Gasteiger partial charge in [0.05, 0.1) is 6.54 Å². The summed E-state index contributed by atoms with van der Waals surface area (Å²) in [5.74, 6) is -0.107. The highest BCUT2D eigenvalue weighted by Gasteiger charge is 2.18. The van der Waals surface area contributed by atoms with Gasteiger partial charge in [-0.25, -0.2) is 4.79 Å². The van der Waals surface area contributed by atoms with Gasteiger partial charge in [0.2, 0.25) is 5.91 Å². The Balaban J connectivity index is 1.95. The molecule has 0 saturated heterocycles. The number of carboxylic acids is 1. The fraction of sp³-hybridized carbons (Fsp3) is 0.500. The maximum Gasteiger partial charge on any atom is 0.339 e. The Morgan fingerprint density at radius 1 is 1.38 bits per heavy atom. The summed E-state index contributed by atoms with van der Waals surface area (Å²) in [4.78, 5) is 24.7. The van der Waals surface area contributed by atoms with Gasteiger partial charge < -0.3 is 14.4 Å².